The van der Waals surface area contributed by atoms with Crippen LogP contribution in [0.2, 0.25) is 0 Å². The summed E-state index contributed by atoms with van der Waals surface area (Å²) in [6.07, 6.45) is 1.68. The number of halogens is 2. The Morgan fingerprint density at radius 2 is 2.05 bits per heavy atom. The van der Waals surface area contributed by atoms with E-state index in [-0.39, 0.29) is 17.5 Å². The summed E-state index contributed by atoms with van der Waals surface area (Å²) in [5.41, 5.74) is 0.780. The molecular formula is C16H16BrFN2O. The fourth-order valence-corrected chi connectivity index (χ4v) is 2.39. The molecule has 110 valence electrons. The summed E-state index contributed by atoms with van der Waals surface area (Å²) < 4.78 is 14.4. The molecule has 0 aliphatic carbocycles. The summed E-state index contributed by atoms with van der Waals surface area (Å²) in [7, 11) is 0. The number of hydrogen-bond acceptors (Lipinski definition) is 2. The average Bonchev–Trinajstić information content (AvgIpc) is 2.47. The Kier molecular flexibility index (Phi) is 5.07. The highest BCUT2D eigenvalue weighted by Crippen LogP contribution is 2.21. The molecule has 0 radical (unpaired) electrons. The van der Waals surface area contributed by atoms with Gasteiger partial charge in [-0.3, -0.25) is 9.78 Å². The first kappa shape index (κ1) is 15.6. The van der Waals surface area contributed by atoms with Crippen LogP contribution in [0.5, 0.6) is 0 Å². The van der Waals surface area contributed by atoms with E-state index < -0.39 is 11.7 Å². The highest BCUT2D eigenvalue weighted by Gasteiger charge is 2.21. The van der Waals surface area contributed by atoms with Gasteiger partial charge in [-0.1, -0.05) is 35.8 Å². The van der Waals surface area contributed by atoms with E-state index in [1.807, 2.05) is 32.0 Å². The molecule has 3 nitrogen and oxygen atoms in total. The molecule has 21 heavy (non-hydrogen) atoms. The lowest BCUT2D eigenvalue weighted by Gasteiger charge is -2.22. The molecule has 1 aromatic heterocycles. The first-order chi connectivity index (χ1) is 9.99. The maximum Gasteiger partial charge on any atom is 0.254 e. The quantitative estimate of drug-likeness (QED) is 0.901. The van der Waals surface area contributed by atoms with Crippen LogP contribution >= 0.6 is 15.9 Å². The molecule has 0 saturated carbocycles. The standard InChI is InChI=1S/C16H16BrFN2O/c1-10(2)15(14-5-3-4-8-19-14)20-16(21)12-9-11(17)6-7-13(12)18/h3-10,15H,1-2H3,(H,20,21). The molecule has 0 saturated heterocycles. The number of nitrogens with zero attached hydrogens (tertiary/aromatic N) is 1. The molecule has 1 atom stereocenters. The van der Waals surface area contributed by atoms with Gasteiger partial charge >= 0.3 is 0 Å². The Morgan fingerprint density at radius 3 is 2.67 bits per heavy atom. The number of pyridine rings is 1. The Labute approximate surface area is 131 Å². The van der Waals surface area contributed by atoms with Gasteiger partial charge in [-0.2, -0.15) is 0 Å². The van der Waals surface area contributed by atoms with Crippen molar-refractivity contribution in [3.63, 3.8) is 0 Å². The Bertz CT molecular complexity index is 631. The average molecular weight is 351 g/mol. The third kappa shape index (κ3) is 3.88. The normalized spacial score (nSPS) is 12.2. The highest BCUT2D eigenvalue weighted by atomic mass is 79.9. The van der Waals surface area contributed by atoms with E-state index in [4.69, 9.17) is 0 Å². The molecule has 1 unspecified atom stereocenters. The van der Waals surface area contributed by atoms with E-state index in [0.29, 0.717) is 4.47 Å². The summed E-state index contributed by atoms with van der Waals surface area (Å²) in [5.74, 6) is -0.851. The van der Waals surface area contributed by atoms with Crippen molar-refractivity contribution in [1.29, 1.82) is 0 Å². The van der Waals surface area contributed by atoms with Crippen molar-refractivity contribution in [2.45, 2.75) is 19.9 Å². The maximum absolute atomic E-state index is 13.8. The van der Waals surface area contributed by atoms with Gasteiger partial charge < -0.3 is 5.32 Å². The third-order valence-electron chi connectivity index (χ3n) is 3.13. The molecule has 0 spiro atoms. The number of carbonyl (C=O) groups excluding carboxylic acids is 1. The van der Waals surface area contributed by atoms with Crippen LogP contribution in [-0.4, -0.2) is 10.9 Å². The van der Waals surface area contributed by atoms with E-state index in [2.05, 4.69) is 26.2 Å². The summed E-state index contributed by atoms with van der Waals surface area (Å²) in [4.78, 5) is 16.6. The van der Waals surface area contributed by atoms with Crippen LogP contribution in [0.15, 0.2) is 47.1 Å². The van der Waals surface area contributed by atoms with Crippen molar-refractivity contribution in [3.8, 4) is 0 Å². The lowest BCUT2D eigenvalue weighted by atomic mass is 9.99. The van der Waals surface area contributed by atoms with Crippen LogP contribution in [0, 0.1) is 11.7 Å². The van der Waals surface area contributed by atoms with Crippen molar-refractivity contribution < 1.29 is 9.18 Å². The molecule has 0 fully saturated rings. The Hall–Kier alpha value is -1.75. The first-order valence-electron chi connectivity index (χ1n) is 6.66. The second-order valence-corrected chi connectivity index (χ2v) is 5.99. The van der Waals surface area contributed by atoms with Crippen LogP contribution in [0.4, 0.5) is 4.39 Å². The molecule has 1 N–H and O–H groups in total. The molecule has 2 rings (SSSR count). The van der Waals surface area contributed by atoms with Crippen molar-refractivity contribution in [1.82, 2.24) is 10.3 Å². The van der Waals surface area contributed by atoms with Gasteiger partial charge in [0.1, 0.15) is 5.82 Å². The fourth-order valence-electron chi connectivity index (χ4n) is 2.03. The van der Waals surface area contributed by atoms with Gasteiger partial charge in [0.25, 0.3) is 5.91 Å². The van der Waals surface area contributed by atoms with Gasteiger partial charge in [0.2, 0.25) is 0 Å². The van der Waals surface area contributed by atoms with Gasteiger partial charge in [-0.25, -0.2) is 4.39 Å². The van der Waals surface area contributed by atoms with E-state index in [9.17, 15) is 9.18 Å². The van der Waals surface area contributed by atoms with E-state index in [0.717, 1.165) is 5.69 Å². The third-order valence-corrected chi connectivity index (χ3v) is 3.63. The number of amides is 1. The minimum Gasteiger partial charge on any atom is -0.343 e. The molecule has 1 amide bonds. The van der Waals surface area contributed by atoms with Gasteiger partial charge in [-0.05, 0) is 36.2 Å². The Balaban J connectivity index is 2.25. The summed E-state index contributed by atoms with van der Waals surface area (Å²) in [6.45, 7) is 3.97. The second kappa shape index (κ2) is 6.80. The monoisotopic (exact) mass is 350 g/mol. The Morgan fingerprint density at radius 1 is 1.29 bits per heavy atom. The minimum absolute atomic E-state index is 0.0194. The van der Waals surface area contributed by atoms with Gasteiger partial charge in [-0.15, -0.1) is 0 Å². The predicted octanol–water partition coefficient (Wildman–Crippen LogP) is 4.11. The van der Waals surface area contributed by atoms with E-state index in [1.165, 1.54) is 12.1 Å². The summed E-state index contributed by atoms with van der Waals surface area (Å²) in [6, 6.07) is 9.56. The fraction of sp³-hybridized carbons (Fsp3) is 0.250. The molecule has 5 heteroatoms. The molecular weight excluding hydrogens is 335 g/mol. The maximum atomic E-state index is 13.8. The SMILES string of the molecule is CC(C)C(NC(=O)c1cc(Br)ccc1F)c1ccccn1. The van der Waals surface area contributed by atoms with Crippen molar-refractivity contribution in [3.05, 3.63) is 64.1 Å². The molecule has 1 heterocycles. The lowest BCUT2D eigenvalue weighted by molar-refractivity contribution is 0.0920. The number of nitrogens with one attached hydrogen (secondary N) is 1. The van der Waals surface area contributed by atoms with Gasteiger partial charge in [0.15, 0.2) is 0 Å². The van der Waals surface area contributed by atoms with Crippen LogP contribution in [-0.2, 0) is 0 Å². The zero-order chi connectivity index (χ0) is 15.4. The van der Waals surface area contributed by atoms with Crippen molar-refractivity contribution in [2.75, 3.05) is 0 Å². The molecule has 0 bridgehead atoms. The number of carbonyl (C=O) groups is 1. The highest BCUT2D eigenvalue weighted by molar-refractivity contribution is 9.10. The number of rotatable bonds is 4. The molecule has 2 aromatic rings. The van der Waals surface area contributed by atoms with E-state index >= 15 is 0 Å². The van der Waals surface area contributed by atoms with Crippen LogP contribution in [0.3, 0.4) is 0 Å². The first-order valence-corrected chi connectivity index (χ1v) is 7.45. The zero-order valence-corrected chi connectivity index (χ0v) is 13.4. The zero-order valence-electron chi connectivity index (χ0n) is 11.8. The number of benzene rings is 1. The smallest absolute Gasteiger partial charge is 0.254 e. The van der Waals surface area contributed by atoms with Gasteiger partial charge in [0, 0.05) is 10.7 Å². The number of hydrogen-bond donors (Lipinski definition) is 1. The summed E-state index contributed by atoms with van der Waals surface area (Å²) in [5, 5.41) is 2.85. The predicted molar refractivity (Wildman–Crippen MR) is 83.4 cm³/mol. The van der Waals surface area contributed by atoms with Crippen molar-refractivity contribution in [2.24, 2.45) is 5.92 Å². The van der Waals surface area contributed by atoms with Gasteiger partial charge in [0.05, 0.1) is 17.3 Å². The minimum atomic E-state index is -0.542. The molecule has 0 aliphatic rings. The van der Waals surface area contributed by atoms with E-state index in [1.54, 1.807) is 12.3 Å². The van der Waals surface area contributed by atoms with Crippen LogP contribution in [0.25, 0.3) is 0 Å². The molecule has 0 aliphatic heterocycles. The van der Waals surface area contributed by atoms with Crippen LogP contribution in [0.1, 0.15) is 35.9 Å². The van der Waals surface area contributed by atoms with Crippen LogP contribution < -0.4 is 5.32 Å². The van der Waals surface area contributed by atoms with Crippen molar-refractivity contribution >= 4 is 21.8 Å². The lowest BCUT2D eigenvalue weighted by Crippen LogP contribution is -2.32. The topological polar surface area (TPSA) is 42.0 Å². The largest absolute Gasteiger partial charge is 0.343 e. The second-order valence-electron chi connectivity index (χ2n) is 5.07. The summed E-state index contributed by atoms with van der Waals surface area (Å²) >= 11 is 3.25. The number of aromatic nitrogens is 1. The molecule has 1 aromatic carbocycles.